The molecule has 11 heteroatoms. The standard InChI is InChI=1S/C33H35N5O4S2/c39-32(38-23-9-19-34-24-27(38)10-8-22-37-20-6-7-21-37)25-35-33(40)26-15-17-29(18-16-26)44(41,42)36-30-13-4-5-14-31(30)43-28-11-2-1-3-12-28/h1-5,9,11-19,23-24,36H,6-8,10,20-22,25H2,(H,35,40). The second kappa shape index (κ2) is 15.0. The van der Waals surface area contributed by atoms with Gasteiger partial charge in [0.05, 0.1) is 17.1 Å². The average molecular weight is 630 g/mol. The second-order valence-electron chi connectivity index (χ2n) is 10.4. The zero-order valence-electron chi connectivity index (χ0n) is 24.3. The Morgan fingerprint density at radius 2 is 1.64 bits per heavy atom. The van der Waals surface area contributed by atoms with Crippen LogP contribution in [0, 0.1) is 0 Å². The summed E-state index contributed by atoms with van der Waals surface area (Å²) < 4.78 is 29.0. The normalized spacial score (nSPS) is 15.1. The van der Waals surface area contributed by atoms with E-state index in [0.29, 0.717) is 12.1 Å². The van der Waals surface area contributed by atoms with Crippen molar-refractivity contribution in [3.05, 3.63) is 109 Å². The van der Waals surface area contributed by atoms with Crippen LogP contribution in [-0.4, -0.2) is 62.4 Å². The molecule has 3 aromatic rings. The number of carbonyl (C=O) groups excluding carboxylic acids is 2. The van der Waals surface area contributed by atoms with Gasteiger partial charge in [0.15, 0.2) is 0 Å². The van der Waals surface area contributed by atoms with Gasteiger partial charge in [-0.25, -0.2) is 8.42 Å². The minimum absolute atomic E-state index is 0.0167. The smallest absolute Gasteiger partial charge is 0.261 e. The van der Waals surface area contributed by atoms with Gasteiger partial charge < -0.3 is 10.2 Å². The highest BCUT2D eigenvalue weighted by Crippen LogP contribution is 2.34. The van der Waals surface area contributed by atoms with E-state index in [1.165, 1.54) is 53.8 Å². The summed E-state index contributed by atoms with van der Waals surface area (Å²) in [6.07, 6.45) is 10.7. The lowest BCUT2D eigenvalue weighted by Crippen LogP contribution is -2.37. The number of nitrogens with one attached hydrogen (secondary N) is 2. The van der Waals surface area contributed by atoms with Gasteiger partial charge >= 0.3 is 0 Å². The van der Waals surface area contributed by atoms with Crippen molar-refractivity contribution < 1.29 is 18.0 Å². The minimum atomic E-state index is -3.92. The number of para-hydroxylation sites is 1. The summed E-state index contributed by atoms with van der Waals surface area (Å²) in [6, 6.07) is 22.5. The summed E-state index contributed by atoms with van der Waals surface area (Å²) in [5.41, 5.74) is 1.48. The first kappa shape index (κ1) is 31.2. The number of nitrogens with zero attached hydrogens (tertiary/aromatic N) is 3. The van der Waals surface area contributed by atoms with E-state index >= 15 is 0 Å². The molecule has 0 unspecified atom stereocenters. The molecule has 0 saturated carbocycles. The van der Waals surface area contributed by atoms with Crippen LogP contribution >= 0.6 is 11.8 Å². The third kappa shape index (κ3) is 8.46. The summed E-state index contributed by atoms with van der Waals surface area (Å²) in [5.74, 6) is -0.766. The highest BCUT2D eigenvalue weighted by molar-refractivity contribution is 7.99. The van der Waals surface area contributed by atoms with Crippen molar-refractivity contribution in [2.24, 2.45) is 4.99 Å². The number of anilines is 1. The van der Waals surface area contributed by atoms with Crippen molar-refractivity contribution in [1.82, 2.24) is 15.1 Å². The monoisotopic (exact) mass is 629 g/mol. The average Bonchev–Trinajstić information content (AvgIpc) is 3.45. The minimum Gasteiger partial charge on any atom is -0.343 e. The Labute approximate surface area is 262 Å². The summed E-state index contributed by atoms with van der Waals surface area (Å²) in [6.45, 7) is 3.00. The van der Waals surface area contributed by atoms with Crippen LogP contribution in [0.2, 0.25) is 0 Å². The molecule has 0 spiro atoms. The molecule has 2 heterocycles. The number of likely N-dealkylation sites (tertiary alicyclic amines) is 1. The predicted octanol–water partition coefficient (Wildman–Crippen LogP) is 5.51. The van der Waals surface area contributed by atoms with Crippen molar-refractivity contribution in [1.29, 1.82) is 0 Å². The van der Waals surface area contributed by atoms with Crippen LogP contribution in [0.3, 0.4) is 0 Å². The number of rotatable bonds is 12. The van der Waals surface area contributed by atoms with Gasteiger partial charge in [-0.3, -0.25) is 24.2 Å². The third-order valence-corrected chi connectivity index (χ3v) is 9.71. The summed E-state index contributed by atoms with van der Waals surface area (Å²) in [5, 5.41) is 2.66. The number of hydrogen-bond donors (Lipinski definition) is 2. The molecule has 0 aliphatic carbocycles. The maximum atomic E-state index is 13.2. The molecule has 1 saturated heterocycles. The SMILES string of the molecule is O=C(NCC(=O)N1C=CC=NC=C1CCCN1CCCC1)c1ccc(S(=O)(=O)Nc2ccccc2Sc2ccccc2)cc1. The summed E-state index contributed by atoms with van der Waals surface area (Å²) in [4.78, 5) is 35.9. The van der Waals surface area contributed by atoms with Crippen molar-refractivity contribution in [2.45, 2.75) is 40.4 Å². The Morgan fingerprint density at radius 3 is 2.41 bits per heavy atom. The second-order valence-corrected chi connectivity index (χ2v) is 13.2. The molecule has 2 aliphatic rings. The van der Waals surface area contributed by atoms with Crippen LogP contribution in [0.5, 0.6) is 0 Å². The van der Waals surface area contributed by atoms with Crippen molar-refractivity contribution in [3.63, 3.8) is 0 Å². The number of aliphatic imine (C=N–C) groups is 1. The molecule has 228 valence electrons. The summed E-state index contributed by atoms with van der Waals surface area (Å²) >= 11 is 1.46. The zero-order chi connectivity index (χ0) is 30.8. The molecule has 5 rings (SSSR count). The first-order valence-electron chi connectivity index (χ1n) is 14.6. The van der Waals surface area contributed by atoms with Crippen LogP contribution in [0.1, 0.15) is 36.0 Å². The molecule has 2 amide bonds. The first-order valence-corrected chi connectivity index (χ1v) is 16.9. The fraction of sp³-hybridized carbons (Fsp3) is 0.242. The largest absolute Gasteiger partial charge is 0.343 e. The topological polar surface area (TPSA) is 111 Å². The van der Waals surface area contributed by atoms with Gasteiger partial charge in [-0.1, -0.05) is 42.1 Å². The van der Waals surface area contributed by atoms with E-state index in [-0.39, 0.29) is 22.9 Å². The van der Waals surface area contributed by atoms with E-state index in [2.05, 4.69) is 19.9 Å². The van der Waals surface area contributed by atoms with Gasteiger partial charge in [0.1, 0.15) is 0 Å². The van der Waals surface area contributed by atoms with Gasteiger partial charge in [-0.2, -0.15) is 0 Å². The fourth-order valence-corrected chi connectivity index (χ4v) is 7.03. The van der Waals surface area contributed by atoms with Gasteiger partial charge in [0.2, 0.25) is 5.91 Å². The molecule has 0 atom stereocenters. The number of sulfonamides is 1. The van der Waals surface area contributed by atoms with E-state index in [1.54, 1.807) is 36.8 Å². The van der Waals surface area contributed by atoms with E-state index in [1.807, 2.05) is 42.5 Å². The molecule has 0 radical (unpaired) electrons. The van der Waals surface area contributed by atoms with Crippen LogP contribution in [0.4, 0.5) is 5.69 Å². The molecular formula is C33H35N5O4S2. The third-order valence-electron chi connectivity index (χ3n) is 7.24. The molecule has 3 aromatic carbocycles. The van der Waals surface area contributed by atoms with E-state index < -0.39 is 15.9 Å². The highest BCUT2D eigenvalue weighted by atomic mass is 32.2. The molecule has 2 aliphatic heterocycles. The van der Waals surface area contributed by atoms with E-state index in [0.717, 1.165) is 41.5 Å². The van der Waals surface area contributed by atoms with Gasteiger partial charge in [-0.05, 0) is 99.9 Å². The van der Waals surface area contributed by atoms with E-state index in [9.17, 15) is 18.0 Å². The number of amides is 2. The predicted molar refractivity (Wildman–Crippen MR) is 174 cm³/mol. The fourth-order valence-electron chi connectivity index (χ4n) is 4.97. The quantitative estimate of drug-likeness (QED) is 0.273. The molecule has 0 aromatic heterocycles. The van der Waals surface area contributed by atoms with Gasteiger partial charge in [0, 0.05) is 39.7 Å². The van der Waals surface area contributed by atoms with Gasteiger partial charge in [0.25, 0.3) is 15.9 Å². The Kier molecular flexibility index (Phi) is 10.7. The number of carbonyl (C=O) groups is 2. The van der Waals surface area contributed by atoms with Crippen molar-refractivity contribution in [3.8, 4) is 0 Å². The maximum absolute atomic E-state index is 13.2. The molecular weight excluding hydrogens is 595 g/mol. The Hall–Kier alpha value is -4.19. The molecule has 9 nitrogen and oxygen atoms in total. The molecule has 1 fully saturated rings. The lowest BCUT2D eigenvalue weighted by molar-refractivity contribution is -0.126. The van der Waals surface area contributed by atoms with Crippen LogP contribution in [0.15, 0.2) is 123 Å². The van der Waals surface area contributed by atoms with Crippen molar-refractivity contribution >= 4 is 45.5 Å². The van der Waals surface area contributed by atoms with Crippen LogP contribution < -0.4 is 10.0 Å². The number of allylic oxidation sites excluding steroid dienone is 2. The number of benzene rings is 3. The zero-order valence-corrected chi connectivity index (χ0v) is 25.9. The summed E-state index contributed by atoms with van der Waals surface area (Å²) in [7, 11) is -3.92. The lowest BCUT2D eigenvalue weighted by atomic mass is 10.2. The van der Waals surface area contributed by atoms with Gasteiger partial charge in [-0.15, -0.1) is 0 Å². The molecule has 2 N–H and O–H groups in total. The lowest BCUT2D eigenvalue weighted by Gasteiger charge is -2.22. The Morgan fingerprint density at radius 1 is 0.909 bits per heavy atom. The highest BCUT2D eigenvalue weighted by Gasteiger charge is 2.20. The molecule has 0 bridgehead atoms. The first-order chi connectivity index (χ1) is 21.4. The van der Waals surface area contributed by atoms with Crippen LogP contribution in [0.25, 0.3) is 0 Å². The Balaban J connectivity index is 1.17. The van der Waals surface area contributed by atoms with Crippen molar-refractivity contribution in [2.75, 3.05) is 30.9 Å². The maximum Gasteiger partial charge on any atom is 0.261 e. The molecule has 44 heavy (non-hydrogen) atoms. The van der Waals surface area contributed by atoms with Crippen LogP contribution in [-0.2, 0) is 14.8 Å². The number of hydrogen-bond acceptors (Lipinski definition) is 7. The van der Waals surface area contributed by atoms with E-state index in [4.69, 9.17) is 0 Å². The Bertz CT molecular complexity index is 1650.